The van der Waals surface area contributed by atoms with Gasteiger partial charge < -0.3 is 5.73 Å². The SMILES string of the molecule is NCCc1ncc(-c2cccc(Br)c2)cn1. The number of hydrogen-bond donors (Lipinski definition) is 1. The Hall–Kier alpha value is -1.26. The zero-order chi connectivity index (χ0) is 11.4. The van der Waals surface area contributed by atoms with Crippen molar-refractivity contribution in [3.8, 4) is 11.1 Å². The molecule has 0 bridgehead atoms. The highest BCUT2D eigenvalue weighted by atomic mass is 79.9. The molecule has 2 N–H and O–H groups in total. The van der Waals surface area contributed by atoms with Gasteiger partial charge >= 0.3 is 0 Å². The van der Waals surface area contributed by atoms with Gasteiger partial charge in [-0.1, -0.05) is 28.1 Å². The van der Waals surface area contributed by atoms with E-state index in [-0.39, 0.29) is 0 Å². The van der Waals surface area contributed by atoms with Gasteiger partial charge in [-0.15, -0.1) is 0 Å². The second-order valence-electron chi connectivity index (χ2n) is 3.44. The Balaban J connectivity index is 2.27. The van der Waals surface area contributed by atoms with Crippen molar-refractivity contribution in [1.82, 2.24) is 9.97 Å². The van der Waals surface area contributed by atoms with E-state index in [9.17, 15) is 0 Å². The highest BCUT2D eigenvalue weighted by molar-refractivity contribution is 9.10. The van der Waals surface area contributed by atoms with Gasteiger partial charge in [-0.2, -0.15) is 0 Å². The second kappa shape index (κ2) is 5.18. The van der Waals surface area contributed by atoms with Crippen LogP contribution >= 0.6 is 15.9 Å². The van der Waals surface area contributed by atoms with Crippen molar-refractivity contribution in [3.05, 3.63) is 47.0 Å². The van der Waals surface area contributed by atoms with Crippen LogP contribution in [0.15, 0.2) is 41.1 Å². The second-order valence-corrected chi connectivity index (χ2v) is 4.35. The molecule has 0 amide bonds. The van der Waals surface area contributed by atoms with Crippen LogP contribution in [-0.2, 0) is 6.42 Å². The summed E-state index contributed by atoms with van der Waals surface area (Å²) in [5, 5.41) is 0. The van der Waals surface area contributed by atoms with Crippen molar-refractivity contribution in [3.63, 3.8) is 0 Å². The molecule has 0 spiro atoms. The van der Waals surface area contributed by atoms with Gasteiger partial charge in [0.05, 0.1) is 0 Å². The minimum absolute atomic E-state index is 0.580. The molecule has 0 aliphatic heterocycles. The molecule has 0 unspecified atom stereocenters. The molecule has 0 radical (unpaired) electrons. The summed E-state index contributed by atoms with van der Waals surface area (Å²) in [5.41, 5.74) is 7.56. The summed E-state index contributed by atoms with van der Waals surface area (Å²) >= 11 is 3.44. The van der Waals surface area contributed by atoms with Gasteiger partial charge in [0.15, 0.2) is 0 Å². The van der Waals surface area contributed by atoms with Crippen molar-refractivity contribution in [2.75, 3.05) is 6.54 Å². The number of rotatable bonds is 3. The predicted octanol–water partition coefficient (Wildman–Crippen LogP) is 2.41. The average molecular weight is 278 g/mol. The standard InChI is InChI=1S/C12H12BrN3/c13-11-3-1-2-9(6-11)10-7-15-12(4-5-14)16-8-10/h1-3,6-8H,4-5,14H2. The van der Waals surface area contributed by atoms with E-state index in [0.717, 1.165) is 27.8 Å². The van der Waals surface area contributed by atoms with Crippen LogP contribution in [0, 0.1) is 0 Å². The molecule has 4 heteroatoms. The van der Waals surface area contributed by atoms with Gasteiger partial charge in [0.1, 0.15) is 5.82 Å². The Labute approximate surface area is 103 Å². The molecule has 0 atom stereocenters. The Kier molecular flexibility index (Phi) is 3.64. The molecule has 1 aromatic carbocycles. The lowest BCUT2D eigenvalue weighted by Crippen LogP contribution is -2.06. The lowest BCUT2D eigenvalue weighted by molar-refractivity contribution is 0.868. The van der Waals surface area contributed by atoms with E-state index in [1.807, 2.05) is 36.7 Å². The number of hydrogen-bond acceptors (Lipinski definition) is 3. The van der Waals surface area contributed by atoms with Crippen molar-refractivity contribution < 1.29 is 0 Å². The third-order valence-corrected chi connectivity index (χ3v) is 2.72. The van der Waals surface area contributed by atoms with Crippen LogP contribution in [0.5, 0.6) is 0 Å². The number of benzene rings is 1. The third-order valence-electron chi connectivity index (χ3n) is 2.23. The van der Waals surface area contributed by atoms with E-state index in [1.165, 1.54) is 0 Å². The first-order chi connectivity index (χ1) is 7.79. The summed E-state index contributed by atoms with van der Waals surface area (Å²) in [6.45, 7) is 0.580. The van der Waals surface area contributed by atoms with Gasteiger partial charge in [-0.3, -0.25) is 0 Å². The van der Waals surface area contributed by atoms with E-state index in [0.29, 0.717) is 6.54 Å². The third kappa shape index (κ3) is 2.65. The minimum atomic E-state index is 0.580. The van der Waals surface area contributed by atoms with E-state index in [2.05, 4.69) is 25.9 Å². The summed E-state index contributed by atoms with van der Waals surface area (Å²) in [6.07, 6.45) is 4.39. The fraction of sp³-hybridized carbons (Fsp3) is 0.167. The first kappa shape index (κ1) is 11.2. The van der Waals surface area contributed by atoms with Crippen LogP contribution in [0.25, 0.3) is 11.1 Å². The lowest BCUT2D eigenvalue weighted by atomic mass is 10.1. The molecular weight excluding hydrogens is 266 g/mol. The molecule has 0 aliphatic rings. The molecule has 0 saturated carbocycles. The number of aromatic nitrogens is 2. The summed E-state index contributed by atoms with van der Waals surface area (Å²) in [5.74, 6) is 0.793. The van der Waals surface area contributed by atoms with Crippen molar-refractivity contribution >= 4 is 15.9 Å². The van der Waals surface area contributed by atoms with Gasteiger partial charge in [-0.25, -0.2) is 9.97 Å². The van der Waals surface area contributed by atoms with Crippen LogP contribution in [0.3, 0.4) is 0 Å². The molecule has 0 saturated heterocycles. The molecule has 3 nitrogen and oxygen atoms in total. The molecule has 0 aliphatic carbocycles. The van der Waals surface area contributed by atoms with Crippen LogP contribution in [0.2, 0.25) is 0 Å². The molecule has 1 heterocycles. The quantitative estimate of drug-likeness (QED) is 0.938. The molecule has 1 aromatic heterocycles. The van der Waals surface area contributed by atoms with E-state index >= 15 is 0 Å². The first-order valence-electron chi connectivity index (χ1n) is 5.06. The highest BCUT2D eigenvalue weighted by Gasteiger charge is 2.00. The number of nitrogens with two attached hydrogens (primary N) is 1. The van der Waals surface area contributed by atoms with Crippen molar-refractivity contribution in [2.24, 2.45) is 5.73 Å². The van der Waals surface area contributed by atoms with Gasteiger partial charge in [0.2, 0.25) is 0 Å². The maximum atomic E-state index is 5.44. The molecule has 0 fully saturated rings. The Morgan fingerprint density at radius 1 is 1.12 bits per heavy atom. The predicted molar refractivity (Wildman–Crippen MR) is 67.9 cm³/mol. The van der Waals surface area contributed by atoms with Gasteiger partial charge in [-0.05, 0) is 24.2 Å². The van der Waals surface area contributed by atoms with E-state index in [4.69, 9.17) is 5.73 Å². The summed E-state index contributed by atoms with van der Waals surface area (Å²) in [4.78, 5) is 8.54. The smallest absolute Gasteiger partial charge is 0.129 e. The first-order valence-corrected chi connectivity index (χ1v) is 5.86. The zero-order valence-electron chi connectivity index (χ0n) is 8.73. The lowest BCUT2D eigenvalue weighted by Gasteiger charge is -2.02. The number of nitrogens with zero attached hydrogens (tertiary/aromatic N) is 2. The fourth-order valence-electron chi connectivity index (χ4n) is 1.43. The molecule has 16 heavy (non-hydrogen) atoms. The summed E-state index contributed by atoms with van der Waals surface area (Å²) < 4.78 is 1.05. The topological polar surface area (TPSA) is 51.8 Å². The minimum Gasteiger partial charge on any atom is -0.330 e. The normalized spacial score (nSPS) is 10.4. The van der Waals surface area contributed by atoms with Crippen LogP contribution < -0.4 is 5.73 Å². The van der Waals surface area contributed by atoms with Gasteiger partial charge in [0.25, 0.3) is 0 Å². The molecule has 82 valence electrons. The van der Waals surface area contributed by atoms with Crippen LogP contribution in [-0.4, -0.2) is 16.5 Å². The molecular formula is C12H12BrN3. The van der Waals surface area contributed by atoms with Crippen LogP contribution in [0.4, 0.5) is 0 Å². The van der Waals surface area contributed by atoms with Crippen molar-refractivity contribution in [1.29, 1.82) is 0 Å². The zero-order valence-corrected chi connectivity index (χ0v) is 10.3. The largest absolute Gasteiger partial charge is 0.330 e. The van der Waals surface area contributed by atoms with Crippen LogP contribution in [0.1, 0.15) is 5.82 Å². The maximum absolute atomic E-state index is 5.44. The average Bonchev–Trinajstić information content (AvgIpc) is 2.30. The Bertz CT molecular complexity index is 468. The molecule has 2 rings (SSSR count). The van der Waals surface area contributed by atoms with E-state index in [1.54, 1.807) is 0 Å². The summed E-state index contributed by atoms with van der Waals surface area (Å²) in [6, 6.07) is 8.06. The fourth-order valence-corrected chi connectivity index (χ4v) is 1.83. The van der Waals surface area contributed by atoms with Crippen molar-refractivity contribution in [2.45, 2.75) is 6.42 Å². The van der Waals surface area contributed by atoms with Gasteiger partial charge in [0, 0.05) is 28.9 Å². The Morgan fingerprint density at radius 2 is 1.88 bits per heavy atom. The highest BCUT2D eigenvalue weighted by Crippen LogP contribution is 2.21. The number of halogens is 1. The maximum Gasteiger partial charge on any atom is 0.129 e. The Morgan fingerprint density at radius 3 is 2.50 bits per heavy atom. The summed E-state index contributed by atoms with van der Waals surface area (Å²) in [7, 11) is 0. The van der Waals surface area contributed by atoms with E-state index < -0.39 is 0 Å². The molecule has 2 aromatic rings. The monoisotopic (exact) mass is 277 g/mol.